The number of carbonyl (C=O) groups is 1. The summed E-state index contributed by atoms with van der Waals surface area (Å²) in [5, 5.41) is 13.4. The summed E-state index contributed by atoms with van der Waals surface area (Å²) in [7, 11) is 1.51. The molecule has 0 aliphatic rings. The van der Waals surface area contributed by atoms with Gasteiger partial charge >= 0.3 is 0 Å². The van der Waals surface area contributed by atoms with Crippen molar-refractivity contribution in [3.8, 4) is 22.6 Å². The zero-order valence-corrected chi connectivity index (χ0v) is 16.9. The van der Waals surface area contributed by atoms with Gasteiger partial charge in [-0.1, -0.05) is 29.3 Å². The van der Waals surface area contributed by atoms with Gasteiger partial charge in [-0.3, -0.25) is 4.79 Å². The summed E-state index contributed by atoms with van der Waals surface area (Å²) in [6, 6.07) is 11.0. The van der Waals surface area contributed by atoms with Crippen LogP contribution in [0.2, 0.25) is 10.0 Å². The van der Waals surface area contributed by atoms with E-state index in [2.05, 4.69) is 10.3 Å². The number of amides is 1. The fraction of sp³-hybridized carbons (Fsp3) is 0.143. The Morgan fingerprint density at radius 2 is 1.90 bits per heavy atom. The van der Waals surface area contributed by atoms with E-state index >= 15 is 0 Å². The number of rotatable bonds is 6. The van der Waals surface area contributed by atoms with Gasteiger partial charge in [0.15, 0.2) is 6.61 Å². The molecule has 1 aromatic heterocycles. The Labute approximate surface area is 177 Å². The Balaban J connectivity index is 1.86. The lowest BCUT2D eigenvalue weighted by Crippen LogP contribution is -2.24. The predicted octanol–water partition coefficient (Wildman–Crippen LogP) is 4.62. The zero-order chi connectivity index (χ0) is 21.0. The van der Waals surface area contributed by atoms with Gasteiger partial charge in [0.25, 0.3) is 5.91 Å². The molecule has 0 unspecified atom stereocenters. The molecule has 0 bridgehead atoms. The van der Waals surface area contributed by atoms with Crippen molar-refractivity contribution in [2.45, 2.75) is 6.42 Å². The molecule has 29 heavy (non-hydrogen) atoms. The number of phenolic OH excluding ortho intramolecular Hbond substituents is 1. The van der Waals surface area contributed by atoms with Crippen molar-refractivity contribution in [1.29, 1.82) is 0 Å². The van der Waals surface area contributed by atoms with Crippen LogP contribution < -0.4 is 10.1 Å². The van der Waals surface area contributed by atoms with E-state index < -0.39 is 5.95 Å². The lowest BCUT2D eigenvalue weighted by molar-refractivity contribution is -0.122. The molecule has 0 saturated heterocycles. The average molecular weight is 435 g/mol. The number of pyridine rings is 1. The van der Waals surface area contributed by atoms with Gasteiger partial charge in [-0.15, -0.1) is 0 Å². The predicted molar refractivity (Wildman–Crippen MR) is 110 cm³/mol. The van der Waals surface area contributed by atoms with Crippen molar-refractivity contribution in [3.05, 3.63) is 75.8 Å². The molecule has 0 aliphatic carbocycles. The Hall–Kier alpha value is -2.83. The first kappa shape index (κ1) is 20.9. The van der Waals surface area contributed by atoms with Crippen molar-refractivity contribution in [1.82, 2.24) is 10.3 Å². The van der Waals surface area contributed by atoms with Crippen LogP contribution in [0.4, 0.5) is 4.39 Å². The third kappa shape index (κ3) is 5.16. The molecular formula is C21H17Cl2FN2O3. The van der Waals surface area contributed by atoms with E-state index in [1.165, 1.54) is 25.4 Å². The van der Waals surface area contributed by atoms with Crippen molar-refractivity contribution in [2.75, 3.05) is 13.7 Å². The summed E-state index contributed by atoms with van der Waals surface area (Å²) in [5.41, 5.74) is 2.46. The number of phenols is 1. The molecule has 8 heteroatoms. The summed E-state index contributed by atoms with van der Waals surface area (Å²) >= 11 is 12.7. The number of halogens is 3. The molecule has 1 amide bonds. The van der Waals surface area contributed by atoms with Gasteiger partial charge < -0.3 is 15.2 Å². The molecule has 2 aromatic carbocycles. The first-order valence-corrected chi connectivity index (χ1v) is 9.38. The largest absolute Gasteiger partial charge is 0.507 e. The van der Waals surface area contributed by atoms with E-state index in [-0.39, 0.29) is 18.3 Å². The minimum atomic E-state index is -0.634. The number of aromatic hydroxyl groups is 1. The summed E-state index contributed by atoms with van der Waals surface area (Å²) in [5.74, 6) is -0.503. The second-order valence-corrected chi connectivity index (χ2v) is 7.04. The SMILES string of the molecule is CNC(=O)COc1cc(Cl)c(Cc2ccc(O)c(-c3ccnc(F)c3)c2)c(Cl)c1. The molecule has 1 heterocycles. The normalized spacial score (nSPS) is 10.6. The molecule has 0 saturated carbocycles. The minimum Gasteiger partial charge on any atom is -0.507 e. The van der Waals surface area contributed by atoms with Crippen LogP contribution in [0.15, 0.2) is 48.7 Å². The molecule has 3 rings (SSSR count). The zero-order valence-electron chi connectivity index (χ0n) is 15.4. The molecule has 3 aromatic rings. The molecule has 5 nitrogen and oxygen atoms in total. The van der Waals surface area contributed by atoms with Gasteiger partial charge in [0, 0.05) is 41.3 Å². The van der Waals surface area contributed by atoms with Gasteiger partial charge in [-0.2, -0.15) is 4.39 Å². The van der Waals surface area contributed by atoms with Gasteiger partial charge in [0.05, 0.1) is 0 Å². The third-order valence-electron chi connectivity index (χ3n) is 4.24. The number of hydrogen-bond donors (Lipinski definition) is 2. The highest BCUT2D eigenvalue weighted by Gasteiger charge is 2.13. The van der Waals surface area contributed by atoms with E-state index in [0.717, 1.165) is 5.56 Å². The average Bonchev–Trinajstić information content (AvgIpc) is 2.70. The number of benzene rings is 2. The van der Waals surface area contributed by atoms with Crippen molar-refractivity contribution in [2.24, 2.45) is 0 Å². The van der Waals surface area contributed by atoms with E-state index in [4.69, 9.17) is 27.9 Å². The Kier molecular flexibility index (Phi) is 6.56. The van der Waals surface area contributed by atoms with Crippen LogP contribution in [0.5, 0.6) is 11.5 Å². The second kappa shape index (κ2) is 9.11. The Bertz CT molecular complexity index is 1040. The van der Waals surface area contributed by atoms with Gasteiger partial charge in [-0.25, -0.2) is 4.98 Å². The molecule has 0 fully saturated rings. The van der Waals surface area contributed by atoms with E-state index in [0.29, 0.717) is 38.9 Å². The Morgan fingerprint density at radius 1 is 1.17 bits per heavy atom. The second-order valence-electron chi connectivity index (χ2n) is 6.22. The topological polar surface area (TPSA) is 71.5 Å². The van der Waals surface area contributed by atoms with Crippen molar-refractivity contribution >= 4 is 29.1 Å². The number of aromatic nitrogens is 1. The number of nitrogens with one attached hydrogen (secondary N) is 1. The number of carbonyl (C=O) groups excluding carboxylic acids is 1. The maximum atomic E-state index is 13.4. The highest BCUT2D eigenvalue weighted by molar-refractivity contribution is 6.36. The Morgan fingerprint density at radius 3 is 2.55 bits per heavy atom. The molecule has 2 N–H and O–H groups in total. The van der Waals surface area contributed by atoms with Crippen LogP contribution >= 0.6 is 23.2 Å². The molecule has 150 valence electrons. The summed E-state index contributed by atoms with van der Waals surface area (Å²) in [4.78, 5) is 14.8. The maximum Gasteiger partial charge on any atom is 0.257 e. The van der Waals surface area contributed by atoms with Crippen LogP contribution in [-0.4, -0.2) is 29.7 Å². The first-order valence-electron chi connectivity index (χ1n) is 8.62. The molecule has 0 aliphatic heterocycles. The molecule has 0 atom stereocenters. The molecule has 0 spiro atoms. The van der Waals surface area contributed by atoms with E-state index in [9.17, 15) is 14.3 Å². The number of ether oxygens (including phenoxy) is 1. The highest BCUT2D eigenvalue weighted by atomic mass is 35.5. The van der Waals surface area contributed by atoms with Crippen LogP contribution in [0.3, 0.4) is 0 Å². The van der Waals surface area contributed by atoms with Crippen LogP contribution in [0, 0.1) is 5.95 Å². The summed E-state index contributed by atoms with van der Waals surface area (Å²) < 4.78 is 18.8. The number of nitrogens with zero attached hydrogens (tertiary/aromatic N) is 1. The van der Waals surface area contributed by atoms with E-state index in [1.807, 2.05) is 0 Å². The molecular weight excluding hydrogens is 418 g/mol. The maximum absolute atomic E-state index is 13.4. The van der Waals surface area contributed by atoms with Crippen LogP contribution in [0.25, 0.3) is 11.1 Å². The number of hydrogen-bond acceptors (Lipinski definition) is 4. The van der Waals surface area contributed by atoms with Gasteiger partial charge in [-0.05, 0) is 47.0 Å². The first-order chi connectivity index (χ1) is 13.9. The fourth-order valence-corrected chi connectivity index (χ4v) is 3.35. The summed E-state index contributed by atoms with van der Waals surface area (Å²) in [6.07, 6.45) is 1.72. The minimum absolute atomic E-state index is 0.0227. The fourth-order valence-electron chi connectivity index (χ4n) is 2.75. The van der Waals surface area contributed by atoms with E-state index in [1.54, 1.807) is 30.3 Å². The standard InChI is InChI=1S/C21H17Cl2FN2O3/c1-25-21(28)11-29-14-9-17(22)16(18(23)10-14)7-12-2-3-19(27)15(6-12)13-4-5-26-20(24)8-13/h2-6,8-10,27H,7,11H2,1H3,(H,25,28). The monoisotopic (exact) mass is 434 g/mol. The van der Waals surface area contributed by atoms with Gasteiger partial charge in [0.2, 0.25) is 5.95 Å². The lowest BCUT2D eigenvalue weighted by atomic mass is 9.98. The van der Waals surface area contributed by atoms with Crippen molar-refractivity contribution in [3.63, 3.8) is 0 Å². The van der Waals surface area contributed by atoms with Gasteiger partial charge in [0.1, 0.15) is 11.5 Å². The smallest absolute Gasteiger partial charge is 0.257 e. The van der Waals surface area contributed by atoms with Crippen molar-refractivity contribution < 1.29 is 19.0 Å². The molecule has 0 radical (unpaired) electrons. The number of likely N-dealkylation sites (N-methyl/N-ethyl adjacent to an activating group) is 1. The highest BCUT2D eigenvalue weighted by Crippen LogP contribution is 2.35. The lowest BCUT2D eigenvalue weighted by Gasteiger charge is -2.13. The third-order valence-corrected chi connectivity index (χ3v) is 4.92. The van der Waals surface area contributed by atoms with Crippen LogP contribution in [0.1, 0.15) is 11.1 Å². The van der Waals surface area contributed by atoms with Crippen LogP contribution in [-0.2, 0) is 11.2 Å². The quantitative estimate of drug-likeness (QED) is 0.555. The summed E-state index contributed by atoms with van der Waals surface area (Å²) in [6.45, 7) is -0.147.